The highest BCUT2D eigenvalue weighted by atomic mass is 16.6. The van der Waals surface area contributed by atoms with Crippen LogP contribution < -0.4 is 10.6 Å². The second-order valence-corrected chi connectivity index (χ2v) is 10.4. The maximum absolute atomic E-state index is 10.4. The van der Waals surface area contributed by atoms with Crippen LogP contribution in [0.3, 0.4) is 0 Å². The molecule has 0 bridgehead atoms. The lowest BCUT2D eigenvalue weighted by Crippen LogP contribution is -2.23. The van der Waals surface area contributed by atoms with Crippen molar-refractivity contribution in [2.75, 3.05) is 178 Å². The zero-order chi connectivity index (χ0) is 36.1. The van der Waals surface area contributed by atoms with Gasteiger partial charge < -0.3 is 72.6 Å². The van der Waals surface area contributed by atoms with Crippen LogP contribution in [0, 0.1) is 0 Å². The van der Waals surface area contributed by atoms with E-state index in [4.69, 9.17) is 57.2 Å². The highest BCUT2D eigenvalue weighted by Crippen LogP contribution is 1.97. The van der Waals surface area contributed by atoms with Gasteiger partial charge in [-0.05, 0) is 25.9 Å². The molecule has 0 saturated heterocycles. The van der Waals surface area contributed by atoms with Gasteiger partial charge in [-0.1, -0.05) is 12.8 Å². The van der Waals surface area contributed by atoms with Crippen LogP contribution in [0.15, 0.2) is 0 Å². The van der Waals surface area contributed by atoms with Crippen molar-refractivity contribution in [2.24, 2.45) is 0 Å². The van der Waals surface area contributed by atoms with Crippen molar-refractivity contribution in [3.05, 3.63) is 0 Å². The van der Waals surface area contributed by atoms with E-state index >= 15 is 0 Å². The smallest absolute Gasteiger partial charge is 0.317 e. The Morgan fingerprint density at radius 2 is 0.660 bits per heavy atom. The summed E-state index contributed by atoms with van der Waals surface area (Å²) >= 11 is 0. The average molecular weight is 731 g/mol. The Morgan fingerprint density at radius 3 is 0.960 bits per heavy atom. The molecule has 0 aliphatic rings. The molecule has 0 radical (unpaired) electrons. The molecular weight excluding hydrogens is 664 g/mol. The van der Waals surface area contributed by atoms with Gasteiger partial charge in [-0.25, -0.2) is 0 Å². The first-order chi connectivity index (χ1) is 24.8. The van der Waals surface area contributed by atoms with Gasteiger partial charge in [0.25, 0.3) is 6.47 Å². The van der Waals surface area contributed by atoms with Crippen LogP contribution in [0.1, 0.15) is 25.7 Å². The van der Waals surface area contributed by atoms with E-state index in [1.165, 1.54) is 0 Å². The van der Waals surface area contributed by atoms with E-state index in [-0.39, 0.29) is 13.2 Å². The predicted octanol–water partition coefficient (Wildman–Crippen LogP) is 0.166. The third kappa shape index (κ3) is 46.4. The minimum atomic E-state index is -0.813. The SMILES string of the molecule is O=COCCOCCOCCOCCOCCOCCOCCOCCOCCOCCOCCOCCNCCCCCCNCC(=O)O. The van der Waals surface area contributed by atoms with E-state index in [2.05, 4.69) is 15.4 Å². The topological polar surface area (TPSA) is 189 Å². The van der Waals surface area contributed by atoms with Crippen LogP contribution in [0.5, 0.6) is 0 Å². The fraction of sp³-hybridized carbons (Fsp3) is 0.939. The van der Waals surface area contributed by atoms with Gasteiger partial charge in [0.15, 0.2) is 0 Å². The molecule has 298 valence electrons. The maximum Gasteiger partial charge on any atom is 0.317 e. The number of hydrogen-bond donors (Lipinski definition) is 3. The lowest BCUT2D eigenvalue weighted by molar-refractivity contribution is -0.136. The third-order valence-electron chi connectivity index (χ3n) is 6.29. The van der Waals surface area contributed by atoms with Crippen LogP contribution in [0.2, 0.25) is 0 Å². The van der Waals surface area contributed by atoms with Gasteiger partial charge in [0.1, 0.15) is 6.61 Å². The van der Waals surface area contributed by atoms with Crippen molar-refractivity contribution in [3.8, 4) is 0 Å². The fourth-order valence-electron chi connectivity index (χ4n) is 3.77. The van der Waals surface area contributed by atoms with Crippen molar-refractivity contribution < 1.29 is 71.5 Å². The predicted molar refractivity (Wildman–Crippen MR) is 183 cm³/mol. The second-order valence-electron chi connectivity index (χ2n) is 10.4. The number of nitrogens with one attached hydrogen (secondary N) is 2. The van der Waals surface area contributed by atoms with Gasteiger partial charge in [-0.3, -0.25) is 9.59 Å². The highest BCUT2D eigenvalue weighted by Gasteiger charge is 1.98. The molecule has 3 N–H and O–H groups in total. The van der Waals surface area contributed by atoms with Crippen LogP contribution in [0.25, 0.3) is 0 Å². The molecule has 0 aliphatic carbocycles. The molecule has 0 aromatic carbocycles. The zero-order valence-corrected chi connectivity index (χ0v) is 30.2. The first kappa shape index (κ1) is 48.4. The quantitative estimate of drug-likeness (QED) is 0.0567. The number of aliphatic carboxylic acids is 1. The summed E-state index contributed by atoms with van der Waals surface area (Å²) in [6.45, 7) is 14.1. The Labute approximate surface area is 298 Å². The van der Waals surface area contributed by atoms with E-state index < -0.39 is 5.97 Å². The molecule has 0 spiro atoms. The van der Waals surface area contributed by atoms with Gasteiger partial charge in [0, 0.05) is 6.54 Å². The molecule has 17 heteroatoms. The number of carbonyl (C=O) groups is 2. The van der Waals surface area contributed by atoms with E-state index in [0.29, 0.717) is 152 Å². The number of unbranched alkanes of at least 4 members (excludes halogenated alkanes) is 3. The first-order valence-corrected chi connectivity index (χ1v) is 17.8. The summed E-state index contributed by atoms with van der Waals surface area (Å²) in [5.74, 6) is -0.813. The molecule has 0 rings (SSSR count). The molecule has 0 aromatic heterocycles. The maximum atomic E-state index is 10.4. The van der Waals surface area contributed by atoms with Crippen molar-refractivity contribution in [3.63, 3.8) is 0 Å². The summed E-state index contributed by atoms with van der Waals surface area (Å²) in [5, 5.41) is 14.8. The van der Waals surface area contributed by atoms with Crippen LogP contribution in [-0.2, 0) is 66.4 Å². The second kappa shape index (κ2) is 45.4. The molecule has 0 aromatic rings. The lowest BCUT2D eigenvalue weighted by atomic mass is 10.2. The largest absolute Gasteiger partial charge is 0.480 e. The summed E-state index contributed by atoms with van der Waals surface area (Å²) < 4.78 is 64.4. The minimum Gasteiger partial charge on any atom is -0.480 e. The number of carboxylic acid groups (broad SMARTS) is 1. The fourth-order valence-corrected chi connectivity index (χ4v) is 3.77. The molecule has 0 unspecified atom stereocenters. The lowest BCUT2D eigenvalue weighted by Gasteiger charge is -2.09. The number of rotatable bonds is 46. The average Bonchev–Trinajstić information content (AvgIpc) is 3.11. The summed E-state index contributed by atoms with van der Waals surface area (Å²) in [4.78, 5) is 20.4. The zero-order valence-electron chi connectivity index (χ0n) is 30.2. The Kier molecular flexibility index (Phi) is 44.0. The number of carboxylic acids is 1. The van der Waals surface area contributed by atoms with Gasteiger partial charge in [-0.15, -0.1) is 0 Å². The van der Waals surface area contributed by atoms with Crippen LogP contribution in [-0.4, -0.2) is 196 Å². The molecule has 0 amide bonds. The summed E-state index contributed by atoms with van der Waals surface area (Å²) in [6.07, 6.45) is 4.34. The van der Waals surface area contributed by atoms with Gasteiger partial charge in [0.2, 0.25) is 0 Å². The number of ether oxygens (including phenoxy) is 12. The summed E-state index contributed by atoms with van der Waals surface area (Å²) in [5.41, 5.74) is 0. The Balaban J connectivity index is 3.05. The van der Waals surface area contributed by atoms with Gasteiger partial charge in [0.05, 0.1) is 152 Å². The molecular formula is C33H66N2O15. The Hall–Kier alpha value is -1.58. The van der Waals surface area contributed by atoms with E-state index in [1.54, 1.807) is 0 Å². The van der Waals surface area contributed by atoms with Crippen LogP contribution >= 0.6 is 0 Å². The monoisotopic (exact) mass is 730 g/mol. The van der Waals surface area contributed by atoms with E-state index in [9.17, 15) is 9.59 Å². The van der Waals surface area contributed by atoms with Crippen molar-refractivity contribution in [1.29, 1.82) is 0 Å². The molecule has 0 fully saturated rings. The molecule has 0 heterocycles. The third-order valence-corrected chi connectivity index (χ3v) is 6.29. The number of carbonyl (C=O) groups excluding carboxylic acids is 1. The van der Waals surface area contributed by atoms with Crippen molar-refractivity contribution >= 4 is 12.4 Å². The highest BCUT2D eigenvalue weighted by molar-refractivity contribution is 5.68. The van der Waals surface area contributed by atoms with Crippen molar-refractivity contribution in [2.45, 2.75) is 25.7 Å². The number of hydrogen-bond acceptors (Lipinski definition) is 16. The van der Waals surface area contributed by atoms with E-state index in [0.717, 1.165) is 45.3 Å². The van der Waals surface area contributed by atoms with Gasteiger partial charge in [-0.2, -0.15) is 0 Å². The standard InChI is InChI=1S/C33H66N2O15/c36-32-50-30-29-49-28-27-48-26-25-47-24-23-46-22-21-45-20-19-44-18-17-43-16-15-42-14-13-41-12-11-40-10-9-39-8-7-34-5-3-1-2-4-6-35-31-33(37)38/h32,34-35H,1-31H2,(H,37,38). The first-order valence-electron chi connectivity index (χ1n) is 17.8. The molecule has 0 aliphatic heterocycles. The summed E-state index contributed by atoms with van der Waals surface area (Å²) in [6, 6.07) is 0. The minimum absolute atomic E-state index is 0.0334. The molecule has 0 saturated carbocycles. The molecule has 17 nitrogen and oxygen atoms in total. The normalized spacial score (nSPS) is 11.4. The molecule has 50 heavy (non-hydrogen) atoms. The van der Waals surface area contributed by atoms with Gasteiger partial charge >= 0.3 is 5.97 Å². The molecule has 0 atom stereocenters. The Bertz CT molecular complexity index is 671. The van der Waals surface area contributed by atoms with Crippen molar-refractivity contribution in [1.82, 2.24) is 10.6 Å². The summed E-state index contributed by atoms with van der Waals surface area (Å²) in [7, 11) is 0. The van der Waals surface area contributed by atoms with E-state index in [1.807, 2.05) is 0 Å². The van der Waals surface area contributed by atoms with Crippen LogP contribution in [0.4, 0.5) is 0 Å². The Morgan fingerprint density at radius 1 is 0.380 bits per heavy atom.